The molecule has 0 bridgehead atoms. The molecule has 3 atom stereocenters. The van der Waals surface area contributed by atoms with Crippen LogP contribution in [0.2, 0.25) is 0 Å². The van der Waals surface area contributed by atoms with Crippen molar-refractivity contribution in [3.8, 4) is 0 Å². The van der Waals surface area contributed by atoms with Crippen LogP contribution in [0.3, 0.4) is 0 Å². The highest BCUT2D eigenvalue weighted by atomic mass is 35.5. The van der Waals surface area contributed by atoms with Crippen LogP contribution in [0.25, 0.3) is 0 Å². The normalized spacial score (nSPS) is 18.2. The Morgan fingerprint density at radius 1 is 1.00 bits per heavy atom. The smallest absolute Gasteiger partial charge is 0.0364 e. The van der Waals surface area contributed by atoms with Crippen LogP contribution in [0.15, 0.2) is 0 Å². The fourth-order valence-electron chi connectivity index (χ4n) is 1.27. The van der Waals surface area contributed by atoms with Crippen molar-refractivity contribution in [2.24, 2.45) is 0 Å². The van der Waals surface area contributed by atoms with Gasteiger partial charge in [-0.25, -0.2) is 0 Å². The lowest BCUT2D eigenvalue weighted by Gasteiger charge is -2.14. The first kappa shape index (κ1) is 13.9. The average Bonchev–Trinajstić information content (AvgIpc) is 1.98. The predicted molar refractivity (Wildman–Crippen MR) is 63.4 cm³/mol. The van der Waals surface area contributed by atoms with Crippen molar-refractivity contribution < 1.29 is 0 Å². The van der Waals surface area contributed by atoms with Crippen molar-refractivity contribution in [3.05, 3.63) is 0 Å². The van der Waals surface area contributed by atoms with Gasteiger partial charge in [0.25, 0.3) is 0 Å². The fourth-order valence-corrected chi connectivity index (χ4v) is 2.52. The van der Waals surface area contributed by atoms with Gasteiger partial charge in [-0.05, 0) is 26.2 Å². The Bertz CT molecular complexity index is 115. The van der Waals surface area contributed by atoms with E-state index in [2.05, 4.69) is 6.92 Å². The Labute approximate surface area is 96.9 Å². The largest absolute Gasteiger partial charge is 0.123 e. The quantitative estimate of drug-likeness (QED) is 0.565. The van der Waals surface area contributed by atoms with E-state index in [1.807, 2.05) is 6.92 Å². The third-order valence-electron chi connectivity index (χ3n) is 1.96. The average molecular weight is 246 g/mol. The first-order valence-corrected chi connectivity index (χ1v) is 6.29. The summed E-state index contributed by atoms with van der Waals surface area (Å²) in [5, 5.41) is 0.502. The third kappa shape index (κ3) is 9.18. The summed E-state index contributed by atoms with van der Waals surface area (Å²) in [6.07, 6.45) is 5.17. The first-order valence-electron chi connectivity index (χ1n) is 4.98. The molecule has 0 aromatic carbocycles. The van der Waals surface area contributed by atoms with E-state index >= 15 is 0 Å². The molecule has 0 rings (SSSR count). The third-order valence-corrected chi connectivity index (χ3v) is 2.89. The van der Waals surface area contributed by atoms with Gasteiger partial charge in [-0.15, -0.1) is 34.8 Å². The van der Waals surface area contributed by atoms with Crippen LogP contribution in [0.4, 0.5) is 0 Å². The van der Waals surface area contributed by atoms with Crippen LogP contribution in [0, 0.1) is 0 Å². The van der Waals surface area contributed by atoms with Gasteiger partial charge in [0.1, 0.15) is 0 Å². The van der Waals surface area contributed by atoms with E-state index in [-0.39, 0.29) is 16.1 Å². The highest BCUT2D eigenvalue weighted by Crippen LogP contribution is 2.21. The highest BCUT2D eigenvalue weighted by Gasteiger charge is 2.13. The standard InChI is InChI=1S/C10H19Cl3/c1-3-4-5-9(12)7-10(13)6-8(2)11/h8-10H,3-7H2,1-2H3. The molecule has 0 saturated carbocycles. The van der Waals surface area contributed by atoms with Gasteiger partial charge >= 0.3 is 0 Å². The molecule has 3 heteroatoms. The summed E-state index contributed by atoms with van der Waals surface area (Å²) in [5.74, 6) is 0. The molecule has 0 N–H and O–H groups in total. The Morgan fingerprint density at radius 3 is 2.08 bits per heavy atom. The summed E-state index contributed by atoms with van der Waals surface area (Å²) in [6.45, 7) is 4.13. The molecule has 0 amide bonds. The molecule has 0 saturated heterocycles. The van der Waals surface area contributed by atoms with E-state index in [1.54, 1.807) is 0 Å². The van der Waals surface area contributed by atoms with E-state index in [1.165, 1.54) is 12.8 Å². The monoisotopic (exact) mass is 244 g/mol. The Balaban J connectivity index is 3.46. The van der Waals surface area contributed by atoms with E-state index < -0.39 is 0 Å². The summed E-state index contributed by atoms with van der Waals surface area (Å²) < 4.78 is 0. The second kappa shape index (κ2) is 8.20. The molecule has 0 aliphatic rings. The Morgan fingerprint density at radius 2 is 1.62 bits per heavy atom. The number of alkyl halides is 3. The summed E-state index contributed by atoms with van der Waals surface area (Å²) in [7, 11) is 0. The summed E-state index contributed by atoms with van der Waals surface area (Å²) in [5.41, 5.74) is 0. The first-order chi connectivity index (χ1) is 6.06. The van der Waals surface area contributed by atoms with Gasteiger partial charge < -0.3 is 0 Å². The SMILES string of the molecule is CCCCC(Cl)CC(Cl)CC(C)Cl. The van der Waals surface area contributed by atoms with Gasteiger partial charge in [-0.1, -0.05) is 19.8 Å². The second-order valence-electron chi connectivity index (χ2n) is 3.59. The molecule has 0 aromatic rings. The maximum atomic E-state index is 6.11. The minimum atomic E-state index is 0.131. The van der Waals surface area contributed by atoms with Gasteiger partial charge in [0.2, 0.25) is 0 Å². The van der Waals surface area contributed by atoms with Crippen LogP contribution in [0.1, 0.15) is 46.0 Å². The minimum Gasteiger partial charge on any atom is -0.123 e. The van der Waals surface area contributed by atoms with Crippen molar-refractivity contribution in [3.63, 3.8) is 0 Å². The topological polar surface area (TPSA) is 0 Å². The number of hydrogen-bond donors (Lipinski definition) is 0. The van der Waals surface area contributed by atoms with E-state index in [4.69, 9.17) is 34.8 Å². The van der Waals surface area contributed by atoms with Gasteiger partial charge in [0.15, 0.2) is 0 Å². The molecular formula is C10H19Cl3. The molecule has 0 spiro atoms. The molecule has 0 fully saturated rings. The van der Waals surface area contributed by atoms with Crippen LogP contribution in [-0.2, 0) is 0 Å². The molecule has 0 aliphatic heterocycles. The Hall–Kier alpha value is 0.870. The van der Waals surface area contributed by atoms with Gasteiger partial charge in [-0.3, -0.25) is 0 Å². The van der Waals surface area contributed by atoms with E-state index in [9.17, 15) is 0 Å². The van der Waals surface area contributed by atoms with Crippen LogP contribution in [0.5, 0.6) is 0 Å². The molecule has 3 unspecified atom stereocenters. The van der Waals surface area contributed by atoms with Gasteiger partial charge in [-0.2, -0.15) is 0 Å². The molecule has 0 radical (unpaired) electrons. The number of rotatable bonds is 7. The zero-order valence-electron chi connectivity index (χ0n) is 8.40. The predicted octanol–water partition coefficient (Wildman–Crippen LogP) is 4.80. The van der Waals surface area contributed by atoms with Crippen LogP contribution in [-0.4, -0.2) is 16.1 Å². The zero-order chi connectivity index (χ0) is 10.3. The molecular weight excluding hydrogens is 226 g/mol. The molecule has 0 aliphatic carbocycles. The second-order valence-corrected chi connectivity index (χ2v) is 5.57. The van der Waals surface area contributed by atoms with E-state index in [0.29, 0.717) is 0 Å². The summed E-state index contributed by atoms with van der Waals surface area (Å²) in [4.78, 5) is 0. The number of halogens is 3. The molecule has 13 heavy (non-hydrogen) atoms. The van der Waals surface area contributed by atoms with Crippen LogP contribution < -0.4 is 0 Å². The molecule has 80 valence electrons. The van der Waals surface area contributed by atoms with Crippen molar-refractivity contribution >= 4 is 34.8 Å². The zero-order valence-corrected chi connectivity index (χ0v) is 10.7. The Kier molecular flexibility index (Phi) is 8.75. The lowest BCUT2D eigenvalue weighted by Crippen LogP contribution is -2.12. The lowest BCUT2D eigenvalue weighted by atomic mass is 10.1. The van der Waals surface area contributed by atoms with Crippen molar-refractivity contribution in [1.82, 2.24) is 0 Å². The summed E-state index contributed by atoms with van der Waals surface area (Å²) >= 11 is 18.0. The molecule has 0 nitrogen and oxygen atoms in total. The fraction of sp³-hybridized carbons (Fsp3) is 1.00. The maximum absolute atomic E-state index is 6.11. The highest BCUT2D eigenvalue weighted by molar-refractivity contribution is 6.24. The van der Waals surface area contributed by atoms with E-state index in [0.717, 1.165) is 19.3 Å². The van der Waals surface area contributed by atoms with Gasteiger partial charge in [0, 0.05) is 16.1 Å². The number of unbranched alkanes of at least 4 members (excludes halogenated alkanes) is 1. The molecule has 0 aromatic heterocycles. The number of hydrogen-bond acceptors (Lipinski definition) is 0. The minimum absolute atomic E-state index is 0.131. The van der Waals surface area contributed by atoms with Gasteiger partial charge in [0.05, 0.1) is 0 Å². The summed E-state index contributed by atoms with van der Waals surface area (Å²) in [6, 6.07) is 0. The van der Waals surface area contributed by atoms with Crippen molar-refractivity contribution in [2.45, 2.75) is 62.1 Å². The van der Waals surface area contributed by atoms with Crippen molar-refractivity contribution in [1.29, 1.82) is 0 Å². The maximum Gasteiger partial charge on any atom is 0.0364 e. The molecule has 0 heterocycles. The van der Waals surface area contributed by atoms with Crippen LogP contribution >= 0.6 is 34.8 Å². The lowest BCUT2D eigenvalue weighted by molar-refractivity contribution is 0.599. The van der Waals surface area contributed by atoms with Crippen molar-refractivity contribution in [2.75, 3.05) is 0 Å².